The van der Waals surface area contributed by atoms with Crippen LogP contribution in [0.3, 0.4) is 0 Å². The molecule has 0 spiro atoms. The molecule has 1 atom stereocenters. The van der Waals surface area contributed by atoms with Gasteiger partial charge in [0.25, 0.3) is 16.1 Å². The van der Waals surface area contributed by atoms with Crippen molar-refractivity contribution in [1.29, 1.82) is 0 Å². The number of carbonyl (C=O) groups is 2. The molecule has 4 aliphatic heterocycles. The number of carbonyl (C=O) groups excluding carboxylic acids is 2. The molecule has 4 fully saturated rings. The van der Waals surface area contributed by atoms with Crippen LogP contribution in [0.1, 0.15) is 32.1 Å². The van der Waals surface area contributed by atoms with E-state index in [1.54, 1.807) is 20.7 Å². The van der Waals surface area contributed by atoms with Crippen LogP contribution in [0.2, 0.25) is 0 Å². The third-order valence-electron chi connectivity index (χ3n) is 7.94. The number of benzene rings is 1. The maximum absolute atomic E-state index is 13.0. The van der Waals surface area contributed by atoms with Crippen molar-refractivity contribution < 1.29 is 22.7 Å². The molecule has 0 bridgehead atoms. The number of amides is 2. The molecule has 34 heavy (non-hydrogen) atoms. The highest BCUT2D eigenvalue weighted by Crippen LogP contribution is 2.35. The Bertz CT molecular complexity index is 982. The van der Waals surface area contributed by atoms with Gasteiger partial charge in [-0.15, -0.1) is 0 Å². The van der Waals surface area contributed by atoms with Crippen molar-refractivity contribution in [2.24, 2.45) is 11.8 Å². The van der Waals surface area contributed by atoms with E-state index in [0.717, 1.165) is 38.8 Å². The summed E-state index contributed by atoms with van der Waals surface area (Å²) in [6.45, 7) is 4.57. The summed E-state index contributed by atoms with van der Waals surface area (Å²) in [5, 5.41) is 0. The van der Waals surface area contributed by atoms with E-state index < -0.39 is 10.2 Å². The lowest BCUT2D eigenvalue weighted by molar-refractivity contribution is -0.123. The van der Waals surface area contributed by atoms with Crippen LogP contribution in [0.25, 0.3) is 0 Å². The lowest BCUT2D eigenvalue weighted by atomic mass is 9.79. The molecular weight excluding hydrogens is 456 g/mol. The summed E-state index contributed by atoms with van der Waals surface area (Å²) in [6.07, 6.45) is 4.00. The number of piperidine rings is 2. The Morgan fingerprint density at radius 2 is 1.32 bits per heavy atom. The summed E-state index contributed by atoms with van der Waals surface area (Å²) in [7, 11) is -3.39. The Kier molecular flexibility index (Phi) is 7.04. The highest BCUT2D eigenvalue weighted by atomic mass is 32.2. The van der Waals surface area contributed by atoms with E-state index >= 15 is 0 Å². The molecule has 4 aliphatic rings. The van der Waals surface area contributed by atoms with Crippen LogP contribution in [0.5, 0.6) is 0 Å². The number of anilines is 1. The van der Waals surface area contributed by atoms with Gasteiger partial charge in [-0.1, -0.05) is 18.2 Å². The van der Waals surface area contributed by atoms with E-state index in [-0.39, 0.29) is 24.3 Å². The van der Waals surface area contributed by atoms with Crippen molar-refractivity contribution in [3.8, 4) is 0 Å². The fraction of sp³-hybridized carbons (Fsp3) is 0.667. The van der Waals surface area contributed by atoms with Gasteiger partial charge in [0.2, 0.25) is 5.91 Å². The molecule has 2 amide bonds. The van der Waals surface area contributed by atoms with Gasteiger partial charge < -0.3 is 4.74 Å². The second kappa shape index (κ2) is 10.0. The molecule has 9 nitrogen and oxygen atoms in total. The molecule has 0 radical (unpaired) electrons. The highest BCUT2D eigenvalue weighted by molar-refractivity contribution is 7.86. The first-order valence-electron chi connectivity index (χ1n) is 12.4. The first-order valence-corrected chi connectivity index (χ1v) is 13.8. The third kappa shape index (κ3) is 4.66. The van der Waals surface area contributed by atoms with Crippen LogP contribution in [0.15, 0.2) is 30.3 Å². The van der Waals surface area contributed by atoms with E-state index in [1.165, 1.54) is 4.90 Å². The average Bonchev–Trinajstić information content (AvgIpc) is 3.19. The first-order chi connectivity index (χ1) is 16.4. The number of para-hydroxylation sites is 1. The molecule has 0 N–H and O–H groups in total. The van der Waals surface area contributed by atoms with E-state index in [0.29, 0.717) is 56.9 Å². The molecular formula is C24H34N4O5S. The smallest absolute Gasteiger partial charge is 0.282 e. The van der Waals surface area contributed by atoms with Gasteiger partial charge in [0.15, 0.2) is 0 Å². The lowest BCUT2D eigenvalue weighted by Crippen LogP contribution is -2.51. The predicted octanol–water partition coefficient (Wildman–Crippen LogP) is 1.32. The van der Waals surface area contributed by atoms with Crippen molar-refractivity contribution in [1.82, 2.24) is 13.5 Å². The number of rotatable bonds is 5. The van der Waals surface area contributed by atoms with E-state index in [4.69, 9.17) is 4.74 Å². The molecule has 0 aliphatic carbocycles. The van der Waals surface area contributed by atoms with Gasteiger partial charge >= 0.3 is 0 Å². The van der Waals surface area contributed by atoms with Crippen LogP contribution in [-0.4, -0.2) is 92.3 Å². The molecule has 1 unspecified atom stereocenters. The minimum Gasteiger partial charge on any atom is -0.379 e. The van der Waals surface area contributed by atoms with Gasteiger partial charge in [0.05, 0.1) is 31.4 Å². The molecule has 4 saturated heterocycles. The van der Waals surface area contributed by atoms with Crippen LogP contribution >= 0.6 is 0 Å². The topological polar surface area (TPSA) is 90.5 Å². The van der Waals surface area contributed by atoms with Gasteiger partial charge in [-0.25, -0.2) is 4.90 Å². The van der Waals surface area contributed by atoms with Crippen LogP contribution < -0.4 is 4.90 Å². The number of hydrogen-bond acceptors (Lipinski definition) is 6. The summed E-state index contributed by atoms with van der Waals surface area (Å²) < 4.78 is 34.3. The molecule has 4 heterocycles. The molecule has 5 rings (SSSR count). The van der Waals surface area contributed by atoms with Crippen LogP contribution in [0, 0.1) is 11.8 Å². The highest BCUT2D eigenvalue weighted by Gasteiger charge is 2.44. The van der Waals surface area contributed by atoms with Crippen LogP contribution in [0.4, 0.5) is 5.69 Å². The standard InChI is InChI=1S/C24H34N4O5S/c29-23-18-22(24(30)28(23)21-4-2-1-3-5-21)25-10-6-19(7-11-25)20-8-12-26(13-9-20)34(31,32)27-14-16-33-17-15-27/h1-5,19-20,22H,6-18H2. The monoisotopic (exact) mass is 490 g/mol. The number of likely N-dealkylation sites (tertiary alicyclic amines) is 1. The Balaban J connectivity index is 1.12. The van der Waals surface area contributed by atoms with Crippen molar-refractivity contribution in [3.05, 3.63) is 30.3 Å². The number of ether oxygens (including phenoxy) is 1. The van der Waals surface area contributed by atoms with Gasteiger partial charge in [-0.3, -0.25) is 14.5 Å². The molecule has 0 saturated carbocycles. The minimum atomic E-state index is -3.39. The zero-order chi connectivity index (χ0) is 23.7. The number of hydrogen-bond donors (Lipinski definition) is 0. The Hall–Kier alpha value is -1.85. The molecule has 0 aromatic heterocycles. The number of imide groups is 1. The molecule has 10 heteroatoms. The maximum Gasteiger partial charge on any atom is 0.282 e. The summed E-state index contributed by atoms with van der Waals surface area (Å²) >= 11 is 0. The third-order valence-corrected chi connectivity index (χ3v) is 9.98. The van der Waals surface area contributed by atoms with E-state index in [9.17, 15) is 18.0 Å². The normalized spacial score (nSPS) is 27.5. The van der Waals surface area contributed by atoms with Gasteiger partial charge in [-0.2, -0.15) is 17.0 Å². The second-order valence-electron chi connectivity index (χ2n) is 9.75. The Morgan fingerprint density at radius 1 is 0.765 bits per heavy atom. The van der Waals surface area contributed by atoms with Gasteiger partial charge in [0, 0.05) is 26.2 Å². The van der Waals surface area contributed by atoms with Crippen molar-refractivity contribution in [2.75, 3.05) is 57.4 Å². The van der Waals surface area contributed by atoms with Crippen LogP contribution in [-0.2, 0) is 24.5 Å². The minimum absolute atomic E-state index is 0.115. The number of morpholine rings is 1. The quantitative estimate of drug-likeness (QED) is 0.579. The molecule has 1 aromatic carbocycles. The summed E-state index contributed by atoms with van der Waals surface area (Å²) in [6, 6.07) is 8.79. The summed E-state index contributed by atoms with van der Waals surface area (Å²) in [5.74, 6) is 0.815. The zero-order valence-electron chi connectivity index (χ0n) is 19.5. The van der Waals surface area contributed by atoms with Crippen molar-refractivity contribution >= 4 is 27.7 Å². The Labute approximate surface area is 201 Å². The predicted molar refractivity (Wildman–Crippen MR) is 127 cm³/mol. The largest absolute Gasteiger partial charge is 0.379 e. The maximum atomic E-state index is 13.0. The SMILES string of the molecule is O=C1CC(N2CCC(C3CCN(S(=O)(=O)N4CCOCC4)CC3)CC2)C(=O)N1c1ccccc1. The molecule has 186 valence electrons. The molecule has 1 aromatic rings. The van der Waals surface area contributed by atoms with Crippen molar-refractivity contribution in [2.45, 2.75) is 38.1 Å². The first kappa shape index (κ1) is 23.9. The number of nitrogens with zero attached hydrogens (tertiary/aromatic N) is 4. The summed E-state index contributed by atoms with van der Waals surface area (Å²) in [5.41, 5.74) is 0.647. The fourth-order valence-corrected chi connectivity index (χ4v) is 7.58. The Morgan fingerprint density at radius 3 is 1.94 bits per heavy atom. The van der Waals surface area contributed by atoms with Gasteiger partial charge in [0.1, 0.15) is 0 Å². The lowest BCUT2D eigenvalue weighted by Gasteiger charge is -2.41. The van der Waals surface area contributed by atoms with Crippen molar-refractivity contribution in [3.63, 3.8) is 0 Å². The summed E-state index contributed by atoms with van der Waals surface area (Å²) in [4.78, 5) is 29.2. The average molecular weight is 491 g/mol. The van der Waals surface area contributed by atoms with E-state index in [2.05, 4.69) is 4.90 Å². The zero-order valence-corrected chi connectivity index (χ0v) is 20.4. The van der Waals surface area contributed by atoms with E-state index in [1.807, 2.05) is 18.2 Å². The fourth-order valence-electron chi connectivity index (χ4n) is 5.97. The second-order valence-corrected chi connectivity index (χ2v) is 11.7. The van der Waals surface area contributed by atoms with Gasteiger partial charge in [-0.05, 0) is 62.7 Å².